The van der Waals surface area contributed by atoms with E-state index in [1.54, 1.807) is 23.5 Å². The third-order valence-corrected chi connectivity index (χ3v) is 4.91. The Bertz CT molecular complexity index is 926. The number of carbonyl (C=O) groups is 1. The molecule has 0 aliphatic carbocycles. The fourth-order valence-electron chi connectivity index (χ4n) is 2.68. The van der Waals surface area contributed by atoms with Gasteiger partial charge in [0.15, 0.2) is 11.5 Å². The van der Waals surface area contributed by atoms with Crippen molar-refractivity contribution in [3.8, 4) is 28.0 Å². The van der Waals surface area contributed by atoms with Gasteiger partial charge in [-0.05, 0) is 30.0 Å². The van der Waals surface area contributed by atoms with Crippen LogP contribution in [0.25, 0.3) is 10.7 Å². The second kappa shape index (κ2) is 8.75. The molecular formula is C19H19N3O5S. The lowest BCUT2D eigenvalue weighted by Gasteiger charge is -2.08. The predicted molar refractivity (Wildman–Crippen MR) is 102 cm³/mol. The molecule has 28 heavy (non-hydrogen) atoms. The molecule has 1 aliphatic rings. The Balaban J connectivity index is 1.12. The van der Waals surface area contributed by atoms with Crippen molar-refractivity contribution in [1.82, 2.24) is 15.5 Å². The van der Waals surface area contributed by atoms with Crippen molar-refractivity contribution in [3.05, 3.63) is 41.6 Å². The van der Waals surface area contributed by atoms with Crippen LogP contribution in [0, 0.1) is 0 Å². The lowest BCUT2D eigenvalue weighted by atomic mass is 10.2. The highest BCUT2D eigenvalue weighted by molar-refractivity contribution is 7.13. The first-order valence-electron chi connectivity index (χ1n) is 8.93. The van der Waals surface area contributed by atoms with Gasteiger partial charge in [-0.25, -0.2) is 0 Å². The number of aryl methyl sites for hydroxylation is 1. The van der Waals surface area contributed by atoms with Crippen LogP contribution in [0.1, 0.15) is 18.7 Å². The van der Waals surface area contributed by atoms with Gasteiger partial charge in [-0.2, -0.15) is 4.98 Å². The normalized spacial score (nSPS) is 12.1. The van der Waals surface area contributed by atoms with Crippen molar-refractivity contribution in [3.63, 3.8) is 0 Å². The molecule has 1 amide bonds. The maximum Gasteiger partial charge on any atom is 0.231 e. The van der Waals surface area contributed by atoms with Crippen molar-refractivity contribution in [2.24, 2.45) is 0 Å². The van der Waals surface area contributed by atoms with Gasteiger partial charge in [0.2, 0.25) is 24.4 Å². The molecule has 0 spiro atoms. The highest BCUT2D eigenvalue weighted by Crippen LogP contribution is 2.35. The zero-order valence-corrected chi connectivity index (χ0v) is 15.9. The molecule has 4 rings (SSSR count). The van der Waals surface area contributed by atoms with Gasteiger partial charge in [-0.15, -0.1) is 11.3 Å². The molecule has 0 saturated heterocycles. The Hall–Kier alpha value is -3.07. The van der Waals surface area contributed by atoms with Crippen LogP contribution >= 0.6 is 11.3 Å². The van der Waals surface area contributed by atoms with Gasteiger partial charge >= 0.3 is 0 Å². The number of nitrogens with one attached hydrogen (secondary N) is 1. The number of carbonyl (C=O) groups excluding carboxylic acids is 1. The molecule has 3 heterocycles. The third-order valence-electron chi connectivity index (χ3n) is 4.04. The highest BCUT2D eigenvalue weighted by Gasteiger charge is 2.14. The van der Waals surface area contributed by atoms with E-state index in [4.69, 9.17) is 18.7 Å². The van der Waals surface area contributed by atoms with Gasteiger partial charge in [0, 0.05) is 18.9 Å². The standard InChI is InChI=1S/C19H19N3O5S/c23-17(4-1-5-18-21-19(22-27-18)16-3-2-10-28-16)20-8-9-24-13-6-7-14-15(11-13)26-12-25-14/h2-3,6-7,10-11H,1,4-5,8-9,12H2,(H,20,23). The molecular weight excluding hydrogens is 382 g/mol. The molecule has 3 aromatic rings. The fraction of sp³-hybridized carbons (Fsp3) is 0.316. The number of ether oxygens (including phenoxy) is 3. The summed E-state index contributed by atoms with van der Waals surface area (Å²) in [5, 5.41) is 8.76. The Morgan fingerprint density at radius 2 is 2.18 bits per heavy atom. The van der Waals surface area contributed by atoms with Gasteiger partial charge in [0.25, 0.3) is 0 Å². The average Bonchev–Trinajstić information content (AvgIpc) is 3.46. The molecule has 9 heteroatoms. The molecule has 8 nitrogen and oxygen atoms in total. The monoisotopic (exact) mass is 401 g/mol. The summed E-state index contributed by atoms with van der Waals surface area (Å²) in [4.78, 5) is 17.2. The summed E-state index contributed by atoms with van der Waals surface area (Å²) >= 11 is 1.56. The smallest absolute Gasteiger partial charge is 0.231 e. The largest absolute Gasteiger partial charge is 0.492 e. The summed E-state index contributed by atoms with van der Waals surface area (Å²) in [5.41, 5.74) is 0. The number of amides is 1. The van der Waals surface area contributed by atoms with Gasteiger partial charge in [0.05, 0.1) is 11.4 Å². The number of thiophene rings is 1. The maximum absolute atomic E-state index is 11.9. The van der Waals surface area contributed by atoms with E-state index in [0.29, 0.717) is 61.4 Å². The van der Waals surface area contributed by atoms with E-state index >= 15 is 0 Å². The minimum atomic E-state index is -0.0349. The number of rotatable bonds is 9. The molecule has 0 bridgehead atoms. The van der Waals surface area contributed by atoms with Crippen molar-refractivity contribution in [2.75, 3.05) is 19.9 Å². The van der Waals surface area contributed by atoms with E-state index in [0.717, 1.165) is 4.88 Å². The Kier molecular flexibility index (Phi) is 5.72. The number of nitrogens with zero attached hydrogens (tertiary/aromatic N) is 2. The zero-order valence-electron chi connectivity index (χ0n) is 15.1. The highest BCUT2D eigenvalue weighted by atomic mass is 32.1. The SMILES string of the molecule is O=C(CCCc1nc(-c2cccs2)no1)NCCOc1ccc2c(c1)OCO2. The molecule has 1 N–H and O–H groups in total. The first kappa shape index (κ1) is 18.3. The van der Waals surface area contributed by atoms with Crippen molar-refractivity contribution < 1.29 is 23.5 Å². The van der Waals surface area contributed by atoms with Gasteiger partial charge in [0.1, 0.15) is 12.4 Å². The number of hydrogen-bond donors (Lipinski definition) is 1. The van der Waals surface area contributed by atoms with Crippen LogP contribution in [-0.4, -0.2) is 36.0 Å². The number of benzene rings is 1. The topological polar surface area (TPSA) is 95.7 Å². The molecule has 0 radical (unpaired) electrons. The van der Waals surface area contributed by atoms with E-state index in [9.17, 15) is 4.79 Å². The van der Waals surface area contributed by atoms with E-state index in [1.807, 2.05) is 23.6 Å². The zero-order chi connectivity index (χ0) is 19.2. The summed E-state index contributed by atoms with van der Waals surface area (Å²) in [6, 6.07) is 9.27. The molecule has 0 saturated carbocycles. The van der Waals surface area contributed by atoms with Crippen molar-refractivity contribution >= 4 is 17.2 Å². The van der Waals surface area contributed by atoms with E-state index in [2.05, 4.69) is 15.5 Å². The second-order valence-corrected chi connectivity index (χ2v) is 7.00. The first-order valence-corrected chi connectivity index (χ1v) is 9.81. The summed E-state index contributed by atoms with van der Waals surface area (Å²) in [6.45, 7) is 1.03. The van der Waals surface area contributed by atoms with E-state index in [-0.39, 0.29) is 12.7 Å². The Morgan fingerprint density at radius 3 is 3.07 bits per heavy atom. The molecule has 2 aromatic heterocycles. The summed E-state index contributed by atoms with van der Waals surface area (Å²) < 4.78 is 21.4. The first-order chi connectivity index (χ1) is 13.8. The number of aromatic nitrogens is 2. The van der Waals surface area contributed by atoms with Crippen LogP contribution in [0.3, 0.4) is 0 Å². The number of fused-ring (bicyclic) bond motifs is 1. The molecule has 1 aliphatic heterocycles. The minimum absolute atomic E-state index is 0.0349. The maximum atomic E-state index is 11.9. The van der Waals surface area contributed by atoms with Crippen LogP contribution in [0.4, 0.5) is 0 Å². The molecule has 0 unspecified atom stereocenters. The van der Waals surface area contributed by atoms with Crippen LogP contribution in [-0.2, 0) is 11.2 Å². The van der Waals surface area contributed by atoms with Gasteiger partial charge < -0.3 is 24.1 Å². The number of hydrogen-bond acceptors (Lipinski definition) is 8. The lowest BCUT2D eigenvalue weighted by molar-refractivity contribution is -0.121. The van der Waals surface area contributed by atoms with E-state index in [1.165, 1.54) is 0 Å². The molecule has 1 aromatic carbocycles. The minimum Gasteiger partial charge on any atom is -0.492 e. The molecule has 0 fully saturated rings. The Labute approximate surface area is 165 Å². The predicted octanol–water partition coefficient (Wildman–Crippen LogP) is 3.04. The van der Waals surface area contributed by atoms with Crippen LogP contribution in [0.5, 0.6) is 17.2 Å². The molecule has 146 valence electrons. The summed E-state index contributed by atoms with van der Waals surface area (Å²) in [5.74, 6) is 3.16. The van der Waals surface area contributed by atoms with Crippen LogP contribution < -0.4 is 19.5 Å². The second-order valence-electron chi connectivity index (χ2n) is 6.06. The van der Waals surface area contributed by atoms with Gasteiger partial charge in [-0.1, -0.05) is 11.2 Å². The lowest BCUT2D eigenvalue weighted by Crippen LogP contribution is -2.27. The van der Waals surface area contributed by atoms with Crippen LogP contribution in [0.2, 0.25) is 0 Å². The third kappa shape index (κ3) is 4.61. The van der Waals surface area contributed by atoms with Crippen molar-refractivity contribution in [2.45, 2.75) is 19.3 Å². The Morgan fingerprint density at radius 1 is 1.25 bits per heavy atom. The van der Waals surface area contributed by atoms with Crippen LogP contribution in [0.15, 0.2) is 40.2 Å². The fourth-order valence-corrected chi connectivity index (χ4v) is 3.33. The summed E-state index contributed by atoms with van der Waals surface area (Å²) in [6.07, 6.45) is 1.60. The molecule has 0 atom stereocenters. The summed E-state index contributed by atoms with van der Waals surface area (Å²) in [7, 11) is 0. The van der Waals surface area contributed by atoms with E-state index < -0.39 is 0 Å². The average molecular weight is 401 g/mol. The van der Waals surface area contributed by atoms with Crippen molar-refractivity contribution in [1.29, 1.82) is 0 Å². The van der Waals surface area contributed by atoms with Gasteiger partial charge in [-0.3, -0.25) is 4.79 Å². The quantitative estimate of drug-likeness (QED) is 0.551.